The predicted octanol–water partition coefficient (Wildman–Crippen LogP) is 2.93. The number of aliphatic hydroxyl groups is 1. The number of carbonyl (C=O) groups excluding carboxylic acids is 2. The van der Waals surface area contributed by atoms with Crippen LogP contribution < -0.4 is 10.1 Å². The third kappa shape index (κ3) is 5.32. The van der Waals surface area contributed by atoms with Crippen LogP contribution >= 0.6 is 0 Å². The van der Waals surface area contributed by atoms with Gasteiger partial charge in [-0.2, -0.15) is 0 Å². The Labute approximate surface area is 146 Å². The average Bonchev–Trinajstić information content (AvgIpc) is 2.66. The standard InChI is InChI=1S/C19H21NO5/c1-3-17(21)13-6-10-16(11-7-13)25-12-18(22)20-15-8-4-14(5-9-15)19(23)24-2/h4-11,17,21H,3,12H2,1-2H3,(H,20,22)/t17-/m0/s1. The normalized spacial score (nSPS) is 11.5. The van der Waals surface area contributed by atoms with Crippen LogP contribution in [-0.2, 0) is 9.53 Å². The molecule has 2 aromatic rings. The van der Waals surface area contributed by atoms with E-state index in [9.17, 15) is 14.7 Å². The van der Waals surface area contributed by atoms with E-state index in [0.717, 1.165) is 5.56 Å². The van der Waals surface area contributed by atoms with Gasteiger partial charge in [0, 0.05) is 5.69 Å². The zero-order valence-corrected chi connectivity index (χ0v) is 14.2. The van der Waals surface area contributed by atoms with Crippen LogP contribution in [0.1, 0.15) is 35.4 Å². The molecular weight excluding hydrogens is 322 g/mol. The van der Waals surface area contributed by atoms with Crippen molar-refractivity contribution in [1.29, 1.82) is 0 Å². The Kier molecular flexibility index (Phi) is 6.54. The van der Waals surface area contributed by atoms with Gasteiger partial charge in [-0.15, -0.1) is 0 Å². The number of nitrogens with one attached hydrogen (secondary N) is 1. The zero-order valence-electron chi connectivity index (χ0n) is 14.2. The van der Waals surface area contributed by atoms with Crippen molar-refractivity contribution >= 4 is 17.6 Å². The van der Waals surface area contributed by atoms with Gasteiger partial charge in [-0.05, 0) is 48.4 Å². The fraction of sp³-hybridized carbons (Fsp3) is 0.263. The van der Waals surface area contributed by atoms with Crippen molar-refractivity contribution in [3.05, 3.63) is 59.7 Å². The Morgan fingerprint density at radius 1 is 1.08 bits per heavy atom. The minimum Gasteiger partial charge on any atom is -0.484 e. The Morgan fingerprint density at radius 2 is 1.72 bits per heavy atom. The molecule has 0 saturated carbocycles. The van der Waals surface area contributed by atoms with E-state index in [4.69, 9.17) is 4.74 Å². The monoisotopic (exact) mass is 343 g/mol. The molecule has 2 aromatic carbocycles. The Hall–Kier alpha value is -2.86. The molecule has 0 aliphatic carbocycles. The quantitative estimate of drug-likeness (QED) is 0.755. The predicted molar refractivity (Wildman–Crippen MR) is 93.6 cm³/mol. The highest BCUT2D eigenvalue weighted by atomic mass is 16.5. The number of carbonyl (C=O) groups is 2. The van der Waals surface area contributed by atoms with Crippen LogP contribution in [-0.4, -0.2) is 30.7 Å². The van der Waals surface area contributed by atoms with Crippen LogP contribution in [0, 0.1) is 0 Å². The number of hydrogen-bond acceptors (Lipinski definition) is 5. The lowest BCUT2D eigenvalue weighted by Gasteiger charge is -2.10. The molecule has 0 aromatic heterocycles. The molecule has 1 atom stereocenters. The summed E-state index contributed by atoms with van der Waals surface area (Å²) in [4.78, 5) is 23.3. The number of methoxy groups -OCH3 is 1. The third-order valence-electron chi connectivity index (χ3n) is 3.61. The van der Waals surface area contributed by atoms with Gasteiger partial charge in [-0.3, -0.25) is 4.79 Å². The van der Waals surface area contributed by atoms with Crippen molar-refractivity contribution in [2.75, 3.05) is 19.0 Å². The highest BCUT2D eigenvalue weighted by molar-refractivity contribution is 5.93. The van der Waals surface area contributed by atoms with E-state index in [1.54, 1.807) is 48.5 Å². The van der Waals surface area contributed by atoms with Crippen LogP contribution in [0.2, 0.25) is 0 Å². The van der Waals surface area contributed by atoms with Gasteiger partial charge in [0.05, 0.1) is 18.8 Å². The molecule has 6 nitrogen and oxygen atoms in total. The summed E-state index contributed by atoms with van der Waals surface area (Å²) >= 11 is 0. The van der Waals surface area contributed by atoms with E-state index in [1.165, 1.54) is 7.11 Å². The third-order valence-corrected chi connectivity index (χ3v) is 3.61. The number of ether oxygens (including phenoxy) is 2. The maximum atomic E-state index is 11.9. The molecular formula is C19H21NO5. The number of anilines is 1. The molecule has 132 valence electrons. The lowest BCUT2D eigenvalue weighted by molar-refractivity contribution is -0.118. The fourth-order valence-electron chi connectivity index (χ4n) is 2.18. The molecule has 1 amide bonds. The van der Waals surface area contributed by atoms with Crippen molar-refractivity contribution in [2.45, 2.75) is 19.4 Å². The summed E-state index contributed by atoms with van der Waals surface area (Å²) in [6.45, 7) is 1.76. The van der Waals surface area contributed by atoms with Gasteiger partial charge >= 0.3 is 5.97 Å². The Balaban J connectivity index is 1.85. The number of aliphatic hydroxyl groups excluding tert-OH is 1. The highest BCUT2D eigenvalue weighted by Gasteiger charge is 2.08. The molecule has 2 N–H and O–H groups in total. The second-order valence-electron chi connectivity index (χ2n) is 5.40. The number of esters is 1. The van der Waals surface area contributed by atoms with Crippen LogP contribution in [0.4, 0.5) is 5.69 Å². The molecule has 0 unspecified atom stereocenters. The molecule has 0 aliphatic heterocycles. The first kappa shape index (κ1) is 18.5. The summed E-state index contributed by atoms with van der Waals surface area (Å²) in [5.74, 6) is -0.204. The van der Waals surface area contributed by atoms with E-state index in [-0.39, 0.29) is 12.5 Å². The first-order valence-electron chi connectivity index (χ1n) is 7.92. The SMILES string of the molecule is CC[C@H](O)c1ccc(OCC(=O)Nc2ccc(C(=O)OC)cc2)cc1. The zero-order chi connectivity index (χ0) is 18.2. The molecule has 25 heavy (non-hydrogen) atoms. The van der Waals surface area contributed by atoms with E-state index in [2.05, 4.69) is 10.1 Å². The van der Waals surface area contributed by atoms with Gasteiger partial charge in [-0.25, -0.2) is 4.79 Å². The van der Waals surface area contributed by atoms with E-state index in [1.807, 2.05) is 6.92 Å². The molecule has 0 spiro atoms. The number of amides is 1. The van der Waals surface area contributed by atoms with Crippen LogP contribution in [0.5, 0.6) is 5.75 Å². The minimum atomic E-state index is -0.495. The van der Waals surface area contributed by atoms with E-state index in [0.29, 0.717) is 23.4 Å². The van der Waals surface area contributed by atoms with Crippen molar-refractivity contribution < 1.29 is 24.2 Å². The van der Waals surface area contributed by atoms with Crippen molar-refractivity contribution in [3.63, 3.8) is 0 Å². The molecule has 6 heteroatoms. The van der Waals surface area contributed by atoms with Crippen molar-refractivity contribution in [3.8, 4) is 5.75 Å². The van der Waals surface area contributed by atoms with Gasteiger partial charge in [0.2, 0.25) is 0 Å². The summed E-state index contributed by atoms with van der Waals surface area (Å²) in [7, 11) is 1.31. The Morgan fingerprint density at radius 3 is 2.28 bits per heavy atom. The number of rotatable bonds is 7. The van der Waals surface area contributed by atoms with Crippen molar-refractivity contribution in [2.24, 2.45) is 0 Å². The summed E-state index contributed by atoms with van der Waals surface area (Å²) < 4.78 is 10.0. The minimum absolute atomic E-state index is 0.144. The van der Waals surface area contributed by atoms with Crippen LogP contribution in [0.15, 0.2) is 48.5 Å². The summed E-state index contributed by atoms with van der Waals surface area (Å²) in [6.07, 6.45) is 0.141. The topological polar surface area (TPSA) is 84.9 Å². The molecule has 0 bridgehead atoms. The van der Waals surface area contributed by atoms with Gasteiger partial charge in [-0.1, -0.05) is 19.1 Å². The maximum Gasteiger partial charge on any atom is 0.337 e. The van der Waals surface area contributed by atoms with Crippen molar-refractivity contribution in [1.82, 2.24) is 0 Å². The summed E-state index contributed by atoms with van der Waals surface area (Å²) in [6, 6.07) is 13.3. The van der Waals surface area contributed by atoms with E-state index >= 15 is 0 Å². The largest absolute Gasteiger partial charge is 0.484 e. The van der Waals surface area contributed by atoms with Crippen LogP contribution in [0.25, 0.3) is 0 Å². The Bertz CT molecular complexity index is 710. The van der Waals surface area contributed by atoms with Gasteiger partial charge in [0.1, 0.15) is 5.75 Å². The number of hydrogen-bond donors (Lipinski definition) is 2. The molecule has 0 heterocycles. The molecule has 0 radical (unpaired) electrons. The lowest BCUT2D eigenvalue weighted by atomic mass is 10.1. The van der Waals surface area contributed by atoms with E-state index < -0.39 is 12.1 Å². The smallest absolute Gasteiger partial charge is 0.337 e. The van der Waals surface area contributed by atoms with Gasteiger partial charge in [0.15, 0.2) is 6.61 Å². The summed E-state index contributed by atoms with van der Waals surface area (Å²) in [5, 5.41) is 12.4. The molecule has 0 saturated heterocycles. The van der Waals surface area contributed by atoms with Gasteiger partial charge < -0.3 is 19.9 Å². The first-order valence-corrected chi connectivity index (χ1v) is 7.92. The summed E-state index contributed by atoms with van der Waals surface area (Å²) in [5.41, 5.74) is 1.78. The molecule has 2 rings (SSSR count). The second-order valence-corrected chi connectivity index (χ2v) is 5.40. The average molecular weight is 343 g/mol. The lowest BCUT2D eigenvalue weighted by Crippen LogP contribution is -2.20. The fourth-order valence-corrected chi connectivity index (χ4v) is 2.18. The molecule has 0 fully saturated rings. The highest BCUT2D eigenvalue weighted by Crippen LogP contribution is 2.19. The number of benzene rings is 2. The second kappa shape index (κ2) is 8.84. The van der Waals surface area contributed by atoms with Crippen LogP contribution in [0.3, 0.4) is 0 Å². The maximum absolute atomic E-state index is 11.9. The van der Waals surface area contributed by atoms with Gasteiger partial charge in [0.25, 0.3) is 5.91 Å². The molecule has 0 aliphatic rings. The first-order chi connectivity index (χ1) is 12.0.